The molecule has 0 radical (unpaired) electrons. The minimum atomic E-state index is -0.729. The highest BCUT2D eigenvalue weighted by Gasteiger charge is 2.31. The second-order valence-corrected chi connectivity index (χ2v) is 5.76. The van der Waals surface area contributed by atoms with Gasteiger partial charge in [-0.15, -0.1) is 0 Å². The Morgan fingerprint density at radius 2 is 2.23 bits per heavy atom. The topological polar surface area (TPSA) is 76.0 Å². The molecule has 2 aromatic rings. The first-order valence-electron chi connectivity index (χ1n) is 6.56. The largest absolute Gasteiger partial charge is 0.323 e. The first kappa shape index (κ1) is 14.9. The zero-order valence-electron chi connectivity index (χ0n) is 11.6. The van der Waals surface area contributed by atoms with Gasteiger partial charge in [-0.3, -0.25) is 9.59 Å². The standard InChI is InChI=1S/C14H12Cl2N4O2/c1-7-5-11-18-12(21)6-10(20(11)19-7)14(22)17-9-4-2-3-8(15)13(9)16/h2-5,10H,6H2,1H3,(H,17,22)(H,18,21)/t10-/m0/s1. The van der Waals surface area contributed by atoms with Crippen LogP contribution in [-0.4, -0.2) is 21.6 Å². The van der Waals surface area contributed by atoms with Crippen LogP contribution in [0, 0.1) is 6.92 Å². The number of rotatable bonds is 2. The van der Waals surface area contributed by atoms with Crippen LogP contribution in [0.4, 0.5) is 11.5 Å². The predicted molar refractivity (Wildman–Crippen MR) is 84.3 cm³/mol. The summed E-state index contributed by atoms with van der Waals surface area (Å²) in [5, 5.41) is 10.2. The van der Waals surface area contributed by atoms with E-state index in [1.807, 2.05) is 0 Å². The van der Waals surface area contributed by atoms with Gasteiger partial charge in [0.2, 0.25) is 11.8 Å². The molecule has 0 saturated heterocycles. The van der Waals surface area contributed by atoms with E-state index in [0.717, 1.165) is 5.69 Å². The third-order valence-corrected chi connectivity index (χ3v) is 4.13. The van der Waals surface area contributed by atoms with Crippen molar-refractivity contribution in [3.8, 4) is 0 Å². The Balaban J connectivity index is 1.89. The Bertz CT molecular complexity index is 772. The molecule has 114 valence electrons. The number of halogens is 2. The number of amides is 2. The van der Waals surface area contributed by atoms with Gasteiger partial charge in [-0.05, 0) is 19.1 Å². The Labute approximate surface area is 136 Å². The molecule has 2 amide bonds. The molecule has 1 aliphatic rings. The number of nitrogens with zero attached hydrogens (tertiary/aromatic N) is 2. The lowest BCUT2D eigenvalue weighted by Crippen LogP contribution is -2.35. The summed E-state index contributed by atoms with van der Waals surface area (Å²) in [5.41, 5.74) is 1.12. The summed E-state index contributed by atoms with van der Waals surface area (Å²) in [6, 6.07) is 5.93. The molecule has 0 bridgehead atoms. The maximum atomic E-state index is 12.5. The zero-order chi connectivity index (χ0) is 15.9. The SMILES string of the molecule is Cc1cc2n(n1)[C@H](C(=O)Nc1cccc(Cl)c1Cl)CC(=O)N2. The highest BCUT2D eigenvalue weighted by molar-refractivity contribution is 6.44. The van der Waals surface area contributed by atoms with Crippen LogP contribution in [0.5, 0.6) is 0 Å². The van der Waals surface area contributed by atoms with E-state index in [0.29, 0.717) is 16.5 Å². The summed E-state index contributed by atoms with van der Waals surface area (Å²) in [5.74, 6) is -0.0980. The number of anilines is 2. The first-order chi connectivity index (χ1) is 10.5. The summed E-state index contributed by atoms with van der Waals surface area (Å²) in [7, 11) is 0. The summed E-state index contributed by atoms with van der Waals surface area (Å²) in [4.78, 5) is 24.2. The van der Waals surface area contributed by atoms with Gasteiger partial charge in [0, 0.05) is 6.07 Å². The van der Waals surface area contributed by atoms with Crippen LogP contribution in [0.1, 0.15) is 18.2 Å². The van der Waals surface area contributed by atoms with E-state index in [2.05, 4.69) is 15.7 Å². The van der Waals surface area contributed by atoms with Crippen molar-refractivity contribution in [1.82, 2.24) is 9.78 Å². The normalized spacial score (nSPS) is 16.9. The van der Waals surface area contributed by atoms with Crippen LogP contribution in [-0.2, 0) is 9.59 Å². The number of aryl methyl sites for hydroxylation is 1. The Morgan fingerprint density at radius 1 is 1.45 bits per heavy atom. The van der Waals surface area contributed by atoms with Crippen LogP contribution in [0.15, 0.2) is 24.3 Å². The lowest BCUT2D eigenvalue weighted by Gasteiger charge is -2.24. The molecule has 8 heteroatoms. The van der Waals surface area contributed by atoms with E-state index >= 15 is 0 Å². The number of hydrogen-bond acceptors (Lipinski definition) is 3. The van der Waals surface area contributed by atoms with Gasteiger partial charge in [-0.2, -0.15) is 5.10 Å². The maximum Gasteiger partial charge on any atom is 0.249 e. The summed E-state index contributed by atoms with van der Waals surface area (Å²) in [6.07, 6.45) is 0.0120. The monoisotopic (exact) mass is 338 g/mol. The molecule has 0 fully saturated rings. The molecular formula is C14H12Cl2N4O2. The third kappa shape index (κ3) is 2.67. The highest BCUT2D eigenvalue weighted by Crippen LogP contribution is 2.31. The number of nitrogens with one attached hydrogen (secondary N) is 2. The summed E-state index contributed by atoms with van der Waals surface area (Å²) >= 11 is 12.0. The van der Waals surface area contributed by atoms with Gasteiger partial charge in [0.05, 0.1) is 27.8 Å². The lowest BCUT2D eigenvalue weighted by molar-refractivity contribution is -0.125. The second kappa shape index (κ2) is 5.62. The van der Waals surface area contributed by atoms with Crippen LogP contribution >= 0.6 is 23.2 Å². The zero-order valence-corrected chi connectivity index (χ0v) is 13.1. The van der Waals surface area contributed by atoms with Crippen LogP contribution < -0.4 is 10.6 Å². The van der Waals surface area contributed by atoms with Gasteiger partial charge in [0.15, 0.2) is 0 Å². The molecule has 6 nitrogen and oxygen atoms in total. The number of fused-ring (bicyclic) bond motifs is 1. The fourth-order valence-electron chi connectivity index (χ4n) is 2.32. The van der Waals surface area contributed by atoms with Crippen molar-refractivity contribution < 1.29 is 9.59 Å². The molecule has 1 aromatic carbocycles. The van der Waals surface area contributed by atoms with Gasteiger partial charge in [-0.25, -0.2) is 4.68 Å². The Kier molecular flexibility index (Phi) is 3.80. The highest BCUT2D eigenvalue weighted by atomic mass is 35.5. The third-order valence-electron chi connectivity index (χ3n) is 3.31. The van der Waals surface area contributed by atoms with Gasteiger partial charge in [0.25, 0.3) is 0 Å². The van der Waals surface area contributed by atoms with Crippen LogP contribution in [0.25, 0.3) is 0 Å². The number of aromatic nitrogens is 2. The van der Waals surface area contributed by atoms with Crippen molar-refractivity contribution >= 4 is 46.5 Å². The quantitative estimate of drug-likeness (QED) is 0.883. The molecule has 1 aliphatic heterocycles. The summed E-state index contributed by atoms with van der Waals surface area (Å²) in [6.45, 7) is 1.79. The van der Waals surface area contributed by atoms with Gasteiger partial charge in [-0.1, -0.05) is 29.3 Å². The molecule has 0 aliphatic carbocycles. The molecular weight excluding hydrogens is 327 g/mol. The van der Waals surface area contributed by atoms with Gasteiger partial charge in [0.1, 0.15) is 11.9 Å². The van der Waals surface area contributed by atoms with E-state index < -0.39 is 6.04 Å². The number of carbonyl (C=O) groups is 2. The van der Waals surface area contributed by atoms with Crippen molar-refractivity contribution in [2.45, 2.75) is 19.4 Å². The average Bonchev–Trinajstić information content (AvgIpc) is 2.82. The van der Waals surface area contributed by atoms with Crippen molar-refractivity contribution in [3.05, 3.63) is 40.0 Å². The molecule has 0 unspecified atom stereocenters. The Hall–Kier alpha value is -2.05. The van der Waals surface area contributed by atoms with Gasteiger partial charge < -0.3 is 10.6 Å². The van der Waals surface area contributed by atoms with E-state index in [1.165, 1.54) is 4.68 Å². The van der Waals surface area contributed by atoms with Crippen LogP contribution in [0.2, 0.25) is 10.0 Å². The minimum Gasteiger partial charge on any atom is -0.323 e. The van der Waals surface area contributed by atoms with Gasteiger partial charge >= 0.3 is 0 Å². The molecule has 22 heavy (non-hydrogen) atoms. The lowest BCUT2D eigenvalue weighted by atomic mass is 10.1. The molecule has 0 spiro atoms. The van der Waals surface area contributed by atoms with E-state index in [1.54, 1.807) is 31.2 Å². The molecule has 2 heterocycles. The molecule has 0 saturated carbocycles. The predicted octanol–water partition coefficient (Wildman–Crippen LogP) is 3.02. The fraction of sp³-hybridized carbons (Fsp3) is 0.214. The molecule has 1 atom stereocenters. The van der Waals surface area contributed by atoms with Crippen molar-refractivity contribution in [2.75, 3.05) is 10.6 Å². The first-order valence-corrected chi connectivity index (χ1v) is 7.32. The smallest absolute Gasteiger partial charge is 0.249 e. The van der Waals surface area contributed by atoms with Crippen molar-refractivity contribution in [1.29, 1.82) is 0 Å². The van der Waals surface area contributed by atoms with E-state index in [-0.39, 0.29) is 23.3 Å². The van der Waals surface area contributed by atoms with Crippen molar-refractivity contribution in [2.24, 2.45) is 0 Å². The Morgan fingerprint density at radius 3 is 3.00 bits per heavy atom. The summed E-state index contributed by atoms with van der Waals surface area (Å²) < 4.78 is 1.50. The molecule has 3 rings (SSSR count). The van der Waals surface area contributed by atoms with E-state index in [4.69, 9.17) is 23.2 Å². The second-order valence-electron chi connectivity index (χ2n) is 4.97. The molecule has 1 aromatic heterocycles. The minimum absolute atomic E-state index is 0.0120. The van der Waals surface area contributed by atoms with Crippen LogP contribution in [0.3, 0.4) is 0 Å². The average molecular weight is 339 g/mol. The fourth-order valence-corrected chi connectivity index (χ4v) is 2.67. The number of carbonyl (C=O) groups excluding carboxylic acids is 2. The van der Waals surface area contributed by atoms with Crippen molar-refractivity contribution in [3.63, 3.8) is 0 Å². The van der Waals surface area contributed by atoms with E-state index in [9.17, 15) is 9.59 Å². The number of hydrogen-bond donors (Lipinski definition) is 2. The molecule has 2 N–H and O–H groups in total. The number of benzene rings is 1. The maximum absolute atomic E-state index is 12.5.